The molecule has 0 spiro atoms. The number of hydrogen-bond donors (Lipinski definition) is 1. The van der Waals surface area contributed by atoms with Gasteiger partial charge in [-0.05, 0) is 58.7 Å². The largest absolute Gasteiger partial charge is 0.330 e. The molecule has 25 heavy (non-hydrogen) atoms. The van der Waals surface area contributed by atoms with E-state index in [2.05, 4.69) is 32.4 Å². The summed E-state index contributed by atoms with van der Waals surface area (Å²) in [6.07, 6.45) is 5.44. The van der Waals surface area contributed by atoms with Gasteiger partial charge < -0.3 is 15.1 Å². The highest BCUT2D eigenvalue weighted by Gasteiger charge is 2.41. The summed E-state index contributed by atoms with van der Waals surface area (Å²) in [4.78, 5) is 17.9. The lowest BCUT2D eigenvalue weighted by Crippen LogP contribution is -2.43. The van der Waals surface area contributed by atoms with E-state index in [1.54, 1.807) is 0 Å². The van der Waals surface area contributed by atoms with Gasteiger partial charge in [-0.15, -0.1) is 5.10 Å². The maximum atomic E-state index is 13.3. The molecule has 4 rings (SSSR count). The number of likely N-dealkylation sites (N-methyl/N-ethyl adjacent to an activating group) is 1. The molecule has 1 aromatic heterocycles. The Bertz CT molecular complexity index is 623. The smallest absolute Gasteiger partial charge is 0.276 e. The van der Waals surface area contributed by atoms with Gasteiger partial charge in [0.25, 0.3) is 5.91 Å². The van der Waals surface area contributed by atoms with Gasteiger partial charge in [-0.3, -0.25) is 4.79 Å². The molecule has 4 heterocycles. The number of nitrogens with zero attached hydrogens (tertiary/aromatic N) is 5. The van der Waals surface area contributed by atoms with E-state index in [9.17, 15) is 4.79 Å². The van der Waals surface area contributed by atoms with E-state index in [0.717, 1.165) is 70.5 Å². The monoisotopic (exact) mass is 346 g/mol. The predicted octanol–water partition coefficient (Wildman–Crippen LogP) is 1.21. The van der Waals surface area contributed by atoms with Crippen LogP contribution in [-0.2, 0) is 0 Å². The van der Waals surface area contributed by atoms with E-state index in [4.69, 9.17) is 0 Å². The van der Waals surface area contributed by atoms with Gasteiger partial charge in [0, 0.05) is 25.2 Å². The molecule has 0 aliphatic carbocycles. The van der Waals surface area contributed by atoms with Gasteiger partial charge in [0.1, 0.15) is 0 Å². The number of likely N-dealkylation sites (tertiary alicyclic amines) is 1. The summed E-state index contributed by atoms with van der Waals surface area (Å²) in [6.45, 7) is 9.40. The van der Waals surface area contributed by atoms with E-state index < -0.39 is 0 Å². The first-order valence-corrected chi connectivity index (χ1v) is 9.86. The lowest BCUT2D eigenvalue weighted by atomic mass is 10.1. The first-order chi connectivity index (χ1) is 12.2. The molecule has 2 atom stereocenters. The predicted molar refractivity (Wildman–Crippen MR) is 95.6 cm³/mol. The number of fused-ring (bicyclic) bond motifs is 2. The SMILES string of the molecule is CCN1CCC2CCC(C1)N2C(=O)c1nnn(C2CCNCC2)c1C. The van der Waals surface area contributed by atoms with Crippen LogP contribution in [0.2, 0.25) is 0 Å². The van der Waals surface area contributed by atoms with Crippen molar-refractivity contribution in [2.75, 3.05) is 32.7 Å². The van der Waals surface area contributed by atoms with E-state index >= 15 is 0 Å². The molecule has 3 saturated heterocycles. The normalized spacial score (nSPS) is 28.3. The van der Waals surface area contributed by atoms with E-state index in [-0.39, 0.29) is 5.91 Å². The zero-order valence-electron chi connectivity index (χ0n) is 15.4. The van der Waals surface area contributed by atoms with Crippen molar-refractivity contribution in [3.8, 4) is 0 Å². The van der Waals surface area contributed by atoms with Gasteiger partial charge in [-0.2, -0.15) is 0 Å². The van der Waals surface area contributed by atoms with Crippen molar-refractivity contribution in [2.45, 2.75) is 64.1 Å². The van der Waals surface area contributed by atoms with Crippen molar-refractivity contribution in [1.82, 2.24) is 30.1 Å². The summed E-state index contributed by atoms with van der Waals surface area (Å²) in [7, 11) is 0. The van der Waals surface area contributed by atoms with E-state index in [1.807, 2.05) is 11.6 Å². The number of aromatic nitrogens is 3. The van der Waals surface area contributed by atoms with E-state index in [0.29, 0.717) is 23.8 Å². The Kier molecular flexibility index (Phi) is 4.78. The fraction of sp³-hybridized carbons (Fsp3) is 0.833. The number of amides is 1. The molecule has 3 aliphatic heterocycles. The number of nitrogens with one attached hydrogen (secondary N) is 1. The van der Waals surface area contributed by atoms with Crippen molar-refractivity contribution in [2.24, 2.45) is 0 Å². The van der Waals surface area contributed by atoms with Crippen molar-refractivity contribution < 1.29 is 4.79 Å². The summed E-state index contributed by atoms with van der Waals surface area (Å²) in [5, 5.41) is 12.1. The zero-order chi connectivity index (χ0) is 17.4. The number of piperidine rings is 1. The minimum atomic E-state index is 0.100. The molecular weight excluding hydrogens is 316 g/mol. The van der Waals surface area contributed by atoms with Crippen LogP contribution < -0.4 is 5.32 Å². The van der Waals surface area contributed by atoms with Crippen LogP contribution in [0.5, 0.6) is 0 Å². The lowest BCUT2D eigenvalue weighted by Gasteiger charge is -2.28. The molecule has 3 aliphatic rings. The maximum absolute atomic E-state index is 13.3. The second-order valence-electron chi connectivity index (χ2n) is 7.73. The summed E-state index contributed by atoms with van der Waals surface area (Å²) >= 11 is 0. The van der Waals surface area contributed by atoms with Crippen LogP contribution in [0.4, 0.5) is 0 Å². The molecule has 1 amide bonds. The van der Waals surface area contributed by atoms with Crippen LogP contribution in [0.3, 0.4) is 0 Å². The molecule has 0 aromatic carbocycles. The maximum Gasteiger partial charge on any atom is 0.276 e. The minimum Gasteiger partial charge on any atom is -0.330 e. The third kappa shape index (κ3) is 3.08. The Labute approximate surface area is 149 Å². The van der Waals surface area contributed by atoms with E-state index in [1.165, 1.54) is 0 Å². The third-order valence-electron chi connectivity index (χ3n) is 6.33. The Morgan fingerprint density at radius 2 is 1.88 bits per heavy atom. The second-order valence-corrected chi connectivity index (χ2v) is 7.73. The highest BCUT2D eigenvalue weighted by molar-refractivity contribution is 5.94. The first kappa shape index (κ1) is 17.0. The summed E-state index contributed by atoms with van der Waals surface area (Å²) in [6, 6.07) is 1.08. The number of carbonyl (C=O) groups excluding carboxylic acids is 1. The summed E-state index contributed by atoms with van der Waals surface area (Å²) in [5.74, 6) is 0.100. The average molecular weight is 346 g/mol. The molecule has 2 unspecified atom stereocenters. The van der Waals surface area contributed by atoms with Crippen LogP contribution in [0.1, 0.15) is 61.3 Å². The quantitative estimate of drug-likeness (QED) is 0.891. The fourth-order valence-electron chi connectivity index (χ4n) is 4.82. The number of carbonyl (C=O) groups is 1. The molecule has 3 fully saturated rings. The Morgan fingerprint density at radius 1 is 1.12 bits per heavy atom. The van der Waals surface area contributed by atoms with Crippen molar-refractivity contribution in [3.63, 3.8) is 0 Å². The van der Waals surface area contributed by atoms with Gasteiger partial charge in [0.2, 0.25) is 0 Å². The van der Waals surface area contributed by atoms with Gasteiger partial charge in [-0.1, -0.05) is 12.1 Å². The molecule has 0 radical (unpaired) electrons. The zero-order valence-corrected chi connectivity index (χ0v) is 15.4. The van der Waals surface area contributed by atoms with Gasteiger partial charge in [0.05, 0.1) is 11.7 Å². The standard InChI is InChI=1S/C18H30N6O/c1-3-22-11-8-14-4-5-16(12-22)23(14)18(25)17-13(2)24(21-20-17)15-6-9-19-10-7-15/h14-16,19H,3-12H2,1-2H3. The Hall–Kier alpha value is -1.47. The van der Waals surface area contributed by atoms with Crippen LogP contribution in [-0.4, -0.2) is 75.5 Å². The molecule has 1 N–H and O–H groups in total. The molecule has 7 nitrogen and oxygen atoms in total. The molecule has 138 valence electrons. The average Bonchev–Trinajstić information content (AvgIpc) is 3.15. The number of hydrogen-bond acceptors (Lipinski definition) is 5. The Balaban J connectivity index is 1.56. The Morgan fingerprint density at radius 3 is 2.64 bits per heavy atom. The topological polar surface area (TPSA) is 66.3 Å². The molecule has 2 bridgehead atoms. The third-order valence-corrected chi connectivity index (χ3v) is 6.33. The van der Waals surface area contributed by atoms with Gasteiger partial charge >= 0.3 is 0 Å². The lowest BCUT2D eigenvalue weighted by molar-refractivity contribution is 0.0664. The van der Waals surface area contributed by atoms with Gasteiger partial charge in [-0.25, -0.2) is 4.68 Å². The van der Waals surface area contributed by atoms with Crippen LogP contribution in [0.25, 0.3) is 0 Å². The second kappa shape index (κ2) is 7.03. The molecule has 7 heteroatoms. The summed E-state index contributed by atoms with van der Waals surface area (Å²) in [5.41, 5.74) is 1.51. The minimum absolute atomic E-state index is 0.100. The van der Waals surface area contributed by atoms with Crippen molar-refractivity contribution >= 4 is 5.91 Å². The first-order valence-electron chi connectivity index (χ1n) is 9.86. The van der Waals surface area contributed by atoms with Crippen molar-refractivity contribution in [3.05, 3.63) is 11.4 Å². The van der Waals surface area contributed by atoms with Crippen molar-refractivity contribution in [1.29, 1.82) is 0 Å². The fourth-order valence-corrected chi connectivity index (χ4v) is 4.82. The van der Waals surface area contributed by atoms with Crippen LogP contribution >= 0.6 is 0 Å². The van der Waals surface area contributed by atoms with Gasteiger partial charge in [0.15, 0.2) is 5.69 Å². The molecule has 1 aromatic rings. The van der Waals surface area contributed by atoms with Crippen LogP contribution in [0, 0.1) is 6.92 Å². The highest BCUT2D eigenvalue weighted by atomic mass is 16.2. The molecular formula is C18H30N6O. The highest BCUT2D eigenvalue weighted by Crippen LogP contribution is 2.32. The molecule has 0 saturated carbocycles. The number of rotatable bonds is 3. The van der Waals surface area contributed by atoms with Crippen LogP contribution in [0.15, 0.2) is 0 Å². The summed E-state index contributed by atoms with van der Waals surface area (Å²) < 4.78 is 1.99.